The highest BCUT2D eigenvalue weighted by Crippen LogP contribution is 2.20. The Morgan fingerprint density at radius 1 is 1.35 bits per heavy atom. The smallest absolute Gasteiger partial charge is 0.121 e. The molecular formula is C13H17N3O. The summed E-state index contributed by atoms with van der Waals surface area (Å²) in [5.74, 6) is 0.899. The Labute approximate surface area is 101 Å². The summed E-state index contributed by atoms with van der Waals surface area (Å²) in [6, 6.07) is 8.04. The molecule has 0 saturated heterocycles. The Morgan fingerprint density at radius 3 is 2.82 bits per heavy atom. The van der Waals surface area contributed by atoms with E-state index in [1.54, 1.807) is 7.11 Å². The van der Waals surface area contributed by atoms with Gasteiger partial charge in [0.1, 0.15) is 5.75 Å². The van der Waals surface area contributed by atoms with Crippen LogP contribution in [0.1, 0.15) is 11.3 Å². The lowest BCUT2D eigenvalue weighted by Gasteiger charge is -2.07. The number of aromatic nitrogens is 2. The fourth-order valence-corrected chi connectivity index (χ4v) is 1.79. The lowest BCUT2D eigenvalue weighted by atomic mass is 10.2. The van der Waals surface area contributed by atoms with Gasteiger partial charge in [-0.25, -0.2) is 4.68 Å². The lowest BCUT2D eigenvalue weighted by Crippen LogP contribution is -2.06. The van der Waals surface area contributed by atoms with E-state index >= 15 is 0 Å². The molecule has 0 aliphatic heterocycles. The van der Waals surface area contributed by atoms with E-state index < -0.39 is 0 Å². The predicted molar refractivity (Wildman–Crippen MR) is 67.6 cm³/mol. The quantitative estimate of drug-likeness (QED) is 0.873. The summed E-state index contributed by atoms with van der Waals surface area (Å²) in [6.07, 6.45) is 1.97. The van der Waals surface area contributed by atoms with Crippen molar-refractivity contribution in [2.24, 2.45) is 0 Å². The van der Waals surface area contributed by atoms with Crippen molar-refractivity contribution in [2.45, 2.75) is 13.5 Å². The molecule has 1 heterocycles. The number of nitrogens with one attached hydrogen (secondary N) is 1. The number of methoxy groups -OCH3 is 1. The van der Waals surface area contributed by atoms with E-state index in [0.29, 0.717) is 0 Å². The van der Waals surface area contributed by atoms with Gasteiger partial charge in [-0.1, -0.05) is 0 Å². The summed E-state index contributed by atoms with van der Waals surface area (Å²) in [7, 11) is 3.59. The minimum absolute atomic E-state index is 0.780. The first-order valence-corrected chi connectivity index (χ1v) is 5.58. The Bertz CT molecular complexity index is 505. The van der Waals surface area contributed by atoms with Crippen molar-refractivity contribution in [3.05, 3.63) is 41.7 Å². The second-order valence-electron chi connectivity index (χ2n) is 3.94. The van der Waals surface area contributed by atoms with Crippen molar-refractivity contribution in [1.82, 2.24) is 15.1 Å². The fraction of sp³-hybridized carbons (Fsp3) is 0.308. The van der Waals surface area contributed by atoms with Crippen LogP contribution < -0.4 is 10.1 Å². The molecule has 0 amide bonds. The summed E-state index contributed by atoms with van der Waals surface area (Å²) in [6.45, 7) is 2.81. The van der Waals surface area contributed by atoms with E-state index in [1.165, 1.54) is 0 Å². The zero-order valence-electron chi connectivity index (χ0n) is 10.4. The van der Waals surface area contributed by atoms with Crippen LogP contribution in [0.2, 0.25) is 0 Å². The van der Waals surface area contributed by atoms with Gasteiger partial charge in [0.25, 0.3) is 0 Å². The average molecular weight is 231 g/mol. The van der Waals surface area contributed by atoms with Gasteiger partial charge < -0.3 is 10.1 Å². The summed E-state index contributed by atoms with van der Waals surface area (Å²) >= 11 is 0. The van der Waals surface area contributed by atoms with E-state index in [4.69, 9.17) is 4.74 Å². The first kappa shape index (κ1) is 11.7. The second kappa shape index (κ2) is 5.01. The number of hydrogen-bond donors (Lipinski definition) is 1. The second-order valence-corrected chi connectivity index (χ2v) is 3.94. The molecule has 1 aromatic carbocycles. The molecule has 0 fully saturated rings. The number of hydrogen-bond acceptors (Lipinski definition) is 3. The van der Waals surface area contributed by atoms with Crippen LogP contribution in [0.15, 0.2) is 30.5 Å². The standard InChI is InChI=1S/C13H17N3O/c1-10-8-12(4-5-13(10)17-3)16-7-6-11(15-16)9-14-2/h4-8,14H,9H2,1-3H3. The highest BCUT2D eigenvalue weighted by atomic mass is 16.5. The van der Waals surface area contributed by atoms with Crippen LogP contribution in [0, 0.1) is 6.92 Å². The summed E-state index contributed by atoms with van der Waals surface area (Å²) in [5, 5.41) is 7.56. The first-order valence-electron chi connectivity index (χ1n) is 5.58. The van der Waals surface area contributed by atoms with Gasteiger partial charge in [-0.05, 0) is 43.8 Å². The third-order valence-corrected chi connectivity index (χ3v) is 2.65. The van der Waals surface area contributed by atoms with Gasteiger partial charge in [0.15, 0.2) is 0 Å². The van der Waals surface area contributed by atoms with Crippen molar-refractivity contribution in [1.29, 1.82) is 0 Å². The van der Waals surface area contributed by atoms with Crippen molar-refractivity contribution in [2.75, 3.05) is 14.2 Å². The molecule has 0 atom stereocenters. The number of rotatable bonds is 4. The molecule has 17 heavy (non-hydrogen) atoms. The van der Waals surface area contributed by atoms with Crippen molar-refractivity contribution in [3.63, 3.8) is 0 Å². The molecule has 0 aliphatic carbocycles. The van der Waals surface area contributed by atoms with Crippen LogP contribution in [-0.2, 0) is 6.54 Å². The summed E-state index contributed by atoms with van der Waals surface area (Å²) < 4.78 is 7.11. The minimum atomic E-state index is 0.780. The van der Waals surface area contributed by atoms with Gasteiger partial charge in [0.05, 0.1) is 18.5 Å². The Kier molecular flexibility index (Phi) is 3.44. The maximum Gasteiger partial charge on any atom is 0.121 e. The first-order chi connectivity index (χ1) is 8.24. The van der Waals surface area contributed by atoms with Crippen molar-refractivity contribution < 1.29 is 4.74 Å². The minimum Gasteiger partial charge on any atom is -0.496 e. The predicted octanol–water partition coefficient (Wildman–Crippen LogP) is 1.91. The summed E-state index contributed by atoms with van der Waals surface area (Å²) in [5.41, 5.74) is 3.18. The Balaban J connectivity index is 2.29. The van der Waals surface area contributed by atoms with Crippen LogP contribution in [-0.4, -0.2) is 23.9 Å². The molecule has 0 spiro atoms. The van der Waals surface area contributed by atoms with Crippen LogP contribution >= 0.6 is 0 Å². The molecule has 0 saturated carbocycles. The fourth-order valence-electron chi connectivity index (χ4n) is 1.79. The highest BCUT2D eigenvalue weighted by molar-refractivity contribution is 5.43. The summed E-state index contributed by atoms with van der Waals surface area (Å²) in [4.78, 5) is 0. The van der Waals surface area contributed by atoms with Gasteiger partial charge in [-0.15, -0.1) is 0 Å². The Hall–Kier alpha value is -1.81. The van der Waals surface area contributed by atoms with Crippen LogP contribution in [0.4, 0.5) is 0 Å². The van der Waals surface area contributed by atoms with Gasteiger partial charge in [0, 0.05) is 12.7 Å². The molecule has 90 valence electrons. The molecule has 0 aliphatic rings. The third kappa shape index (κ3) is 2.47. The maximum atomic E-state index is 5.24. The molecule has 1 N–H and O–H groups in total. The lowest BCUT2D eigenvalue weighted by molar-refractivity contribution is 0.411. The normalized spacial score (nSPS) is 10.5. The van der Waals surface area contributed by atoms with Crippen molar-refractivity contribution in [3.8, 4) is 11.4 Å². The van der Waals surface area contributed by atoms with Crippen LogP contribution in [0.3, 0.4) is 0 Å². The third-order valence-electron chi connectivity index (χ3n) is 2.65. The van der Waals surface area contributed by atoms with E-state index in [-0.39, 0.29) is 0 Å². The molecule has 2 aromatic rings. The van der Waals surface area contributed by atoms with E-state index in [2.05, 4.69) is 16.5 Å². The maximum absolute atomic E-state index is 5.24. The topological polar surface area (TPSA) is 39.1 Å². The zero-order chi connectivity index (χ0) is 12.3. The molecule has 4 nitrogen and oxygen atoms in total. The number of nitrogens with zero attached hydrogens (tertiary/aromatic N) is 2. The highest BCUT2D eigenvalue weighted by Gasteiger charge is 2.03. The Morgan fingerprint density at radius 2 is 2.18 bits per heavy atom. The number of ether oxygens (including phenoxy) is 1. The molecule has 0 radical (unpaired) electrons. The number of aryl methyl sites for hydroxylation is 1. The average Bonchev–Trinajstić information content (AvgIpc) is 2.78. The monoisotopic (exact) mass is 231 g/mol. The van der Waals surface area contributed by atoms with Gasteiger partial charge in [0.2, 0.25) is 0 Å². The number of benzene rings is 1. The SMILES string of the molecule is CNCc1ccn(-c2ccc(OC)c(C)c2)n1. The van der Waals surface area contributed by atoms with E-state index in [1.807, 2.05) is 43.0 Å². The van der Waals surface area contributed by atoms with Gasteiger partial charge >= 0.3 is 0 Å². The van der Waals surface area contributed by atoms with E-state index in [0.717, 1.165) is 29.2 Å². The molecule has 0 bridgehead atoms. The molecular weight excluding hydrogens is 214 g/mol. The zero-order valence-corrected chi connectivity index (χ0v) is 10.4. The largest absolute Gasteiger partial charge is 0.496 e. The molecule has 0 unspecified atom stereocenters. The molecule has 4 heteroatoms. The van der Waals surface area contributed by atoms with Crippen LogP contribution in [0.5, 0.6) is 5.75 Å². The van der Waals surface area contributed by atoms with Gasteiger partial charge in [-0.2, -0.15) is 5.10 Å². The molecule has 2 rings (SSSR count). The molecule has 1 aromatic heterocycles. The van der Waals surface area contributed by atoms with Crippen molar-refractivity contribution >= 4 is 0 Å². The van der Waals surface area contributed by atoms with Crippen LogP contribution in [0.25, 0.3) is 5.69 Å². The van der Waals surface area contributed by atoms with Gasteiger partial charge in [-0.3, -0.25) is 0 Å². The van der Waals surface area contributed by atoms with E-state index in [9.17, 15) is 0 Å².